The first kappa shape index (κ1) is 14.8. The van der Waals surface area contributed by atoms with E-state index in [0.29, 0.717) is 17.3 Å². The van der Waals surface area contributed by atoms with Crippen molar-refractivity contribution in [3.8, 4) is 11.5 Å². The number of nitrogens with two attached hydrogens (primary N) is 1. The maximum absolute atomic E-state index is 5.80. The van der Waals surface area contributed by atoms with Crippen LogP contribution in [0.2, 0.25) is 0 Å². The predicted octanol–water partition coefficient (Wildman–Crippen LogP) is 3.67. The molecule has 0 saturated carbocycles. The van der Waals surface area contributed by atoms with Crippen molar-refractivity contribution in [2.75, 3.05) is 7.11 Å². The summed E-state index contributed by atoms with van der Waals surface area (Å²) in [6.07, 6.45) is 0. The number of benzene rings is 2. The number of methoxy groups -OCH3 is 1. The normalized spacial score (nSPS) is 10.1. The summed E-state index contributed by atoms with van der Waals surface area (Å²) in [6, 6.07) is 13.3. The molecule has 104 valence electrons. The fourth-order valence-corrected chi connectivity index (χ4v) is 2.21. The van der Waals surface area contributed by atoms with Crippen LogP contribution in [0, 0.1) is 0 Å². The number of ether oxygens (including phenoxy) is 2. The highest BCUT2D eigenvalue weighted by Gasteiger charge is 2.07. The first-order valence-electron chi connectivity index (χ1n) is 5.95. The van der Waals surface area contributed by atoms with E-state index in [9.17, 15) is 0 Å². The Morgan fingerprint density at radius 3 is 2.50 bits per heavy atom. The number of thiocarbonyl (C=S) groups is 1. The van der Waals surface area contributed by atoms with Crippen LogP contribution < -0.4 is 15.2 Å². The van der Waals surface area contributed by atoms with E-state index in [1.807, 2.05) is 42.5 Å². The molecular weight excluding hydrogens is 338 g/mol. The summed E-state index contributed by atoms with van der Waals surface area (Å²) in [5.74, 6) is 1.49. The highest BCUT2D eigenvalue weighted by atomic mass is 79.9. The zero-order valence-corrected chi connectivity index (χ0v) is 13.3. The van der Waals surface area contributed by atoms with Gasteiger partial charge < -0.3 is 15.2 Å². The Bertz CT molecular complexity index is 614. The van der Waals surface area contributed by atoms with Gasteiger partial charge in [-0.1, -0.05) is 40.3 Å². The lowest BCUT2D eigenvalue weighted by Gasteiger charge is -2.11. The van der Waals surface area contributed by atoms with Gasteiger partial charge in [0.1, 0.15) is 23.1 Å². The van der Waals surface area contributed by atoms with E-state index in [4.69, 9.17) is 27.4 Å². The van der Waals surface area contributed by atoms with Gasteiger partial charge in [-0.3, -0.25) is 0 Å². The number of hydrogen-bond acceptors (Lipinski definition) is 3. The van der Waals surface area contributed by atoms with Crippen LogP contribution in [0.3, 0.4) is 0 Å². The smallest absolute Gasteiger partial charge is 0.131 e. The van der Waals surface area contributed by atoms with Crippen molar-refractivity contribution in [1.82, 2.24) is 0 Å². The molecule has 0 aromatic heterocycles. The van der Waals surface area contributed by atoms with Gasteiger partial charge in [-0.15, -0.1) is 0 Å². The third-order valence-corrected chi connectivity index (χ3v) is 3.48. The van der Waals surface area contributed by atoms with Crippen LogP contribution >= 0.6 is 28.1 Å². The molecule has 2 aromatic carbocycles. The van der Waals surface area contributed by atoms with Crippen molar-refractivity contribution in [3.05, 3.63) is 58.1 Å². The molecule has 5 heteroatoms. The van der Waals surface area contributed by atoms with E-state index in [2.05, 4.69) is 15.9 Å². The molecule has 0 aliphatic carbocycles. The van der Waals surface area contributed by atoms with E-state index in [1.54, 1.807) is 7.11 Å². The summed E-state index contributed by atoms with van der Waals surface area (Å²) in [7, 11) is 1.64. The molecule has 0 heterocycles. The predicted molar refractivity (Wildman–Crippen MR) is 87.4 cm³/mol. The third kappa shape index (κ3) is 3.71. The fraction of sp³-hybridized carbons (Fsp3) is 0.133. The van der Waals surface area contributed by atoms with Crippen molar-refractivity contribution in [2.24, 2.45) is 5.73 Å². The largest absolute Gasteiger partial charge is 0.497 e. The molecule has 0 fully saturated rings. The molecule has 20 heavy (non-hydrogen) atoms. The van der Waals surface area contributed by atoms with Gasteiger partial charge in [0.15, 0.2) is 0 Å². The Kier molecular flexibility index (Phi) is 4.98. The minimum atomic E-state index is 0.322. The number of halogens is 1. The molecule has 0 atom stereocenters. The molecule has 0 aliphatic rings. The van der Waals surface area contributed by atoms with Gasteiger partial charge in [-0.2, -0.15) is 0 Å². The summed E-state index contributed by atoms with van der Waals surface area (Å²) in [5, 5.41) is 0. The topological polar surface area (TPSA) is 44.5 Å². The second-order valence-electron chi connectivity index (χ2n) is 4.14. The summed E-state index contributed by atoms with van der Waals surface area (Å²) in [6.45, 7) is 0.441. The van der Waals surface area contributed by atoms with E-state index < -0.39 is 0 Å². The second-order valence-corrected chi connectivity index (χ2v) is 5.50. The Labute approximate surface area is 131 Å². The molecule has 2 aromatic rings. The first-order valence-corrected chi connectivity index (χ1v) is 7.15. The third-order valence-electron chi connectivity index (χ3n) is 2.76. The highest BCUT2D eigenvalue weighted by molar-refractivity contribution is 9.10. The van der Waals surface area contributed by atoms with Gasteiger partial charge >= 0.3 is 0 Å². The zero-order chi connectivity index (χ0) is 14.5. The summed E-state index contributed by atoms with van der Waals surface area (Å²) in [4.78, 5) is 0.322. The zero-order valence-electron chi connectivity index (χ0n) is 10.9. The fourth-order valence-electron chi connectivity index (χ4n) is 1.70. The minimum absolute atomic E-state index is 0.322. The average Bonchev–Trinajstić information content (AvgIpc) is 2.45. The van der Waals surface area contributed by atoms with Crippen LogP contribution in [0.5, 0.6) is 11.5 Å². The van der Waals surface area contributed by atoms with Crippen molar-refractivity contribution in [3.63, 3.8) is 0 Å². The Morgan fingerprint density at radius 1 is 1.20 bits per heavy atom. The highest BCUT2D eigenvalue weighted by Crippen LogP contribution is 2.25. The maximum atomic E-state index is 5.80. The lowest BCUT2D eigenvalue weighted by molar-refractivity contribution is 0.305. The van der Waals surface area contributed by atoms with Crippen LogP contribution in [0.15, 0.2) is 46.9 Å². The SMILES string of the molecule is COc1ccc(COc2cc(Br)ccc2C(N)=S)cc1. The molecule has 0 saturated heterocycles. The van der Waals surface area contributed by atoms with Gasteiger partial charge in [0, 0.05) is 4.47 Å². The molecule has 2 rings (SSSR count). The van der Waals surface area contributed by atoms with E-state index in [-0.39, 0.29) is 0 Å². The van der Waals surface area contributed by atoms with Gasteiger partial charge in [-0.05, 0) is 35.9 Å². The van der Waals surface area contributed by atoms with E-state index in [1.165, 1.54) is 0 Å². The molecule has 3 nitrogen and oxygen atoms in total. The molecule has 0 spiro atoms. The van der Waals surface area contributed by atoms with Crippen LogP contribution in [-0.2, 0) is 6.61 Å². The maximum Gasteiger partial charge on any atom is 0.131 e. The molecule has 2 N–H and O–H groups in total. The standard InChI is InChI=1S/C15H14BrNO2S/c1-18-12-5-2-10(3-6-12)9-19-14-8-11(16)4-7-13(14)15(17)20/h2-8H,9H2,1H3,(H2,17,20). The summed E-state index contributed by atoms with van der Waals surface area (Å²) >= 11 is 8.43. The molecular formula is C15H14BrNO2S. The quantitative estimate of drug-likeness (QED) is 0.834. The van der Waals surface area contributed by atoms with Gasteiger partial charge in [0.25, 0.3) is 0 Å². The van der Waals surface area contributed by atoms with Crippen molar-refractivity contribution >= 4 is 33.1 Å². The van der Waals surface area contributed by atoms with Crippen LogP contribution in [-0.4, -0.2) is 12.1 Å². The van der Waals surface area contributed by atoms with Crippen molar-refractivity contribution in [1.29, 1.82) is 0 Å². The van der Waals surface area contributed by atoms with E-state index in [0.717, 1.165) is 21.3 Å². The van der Waals surface area contributed by atoms with Gasteiger partial charge in [0.05, 0.1) is 12.7 Å². The van der Waals surface area contributed by atoms with Crippen molar-refractivity contribution in [2.45, 2.75) is 6.61 Å². The lowest BCUT2D eigenvalue weighted by Crippen LogP contribution is -2.11. The second kappa shape index (κ2) is 6.72. The Balaban J connectivity index is 2.13. The minimum Gasteiger partial charge on any atom is -0.497 e. The molecule has 0 radical (unpaired) electrons. The number of hydrogen-bond donors (Lipinski definition) is 1. The average molecular weight is 352 g/mol. The lowest BCUT2D eigenvalue weighted by atomic mass is 10.2. The molecule has 0 aliphatic heterocycles. The van der Waals surface area contributed by atoms with Gasteiger partial charge in [0.2, 0.25) is 0 Å². The van der Waals surface area contributed by atoms with Crippen molar-refractivity contribution < 1.29 is 9.47 Å². The molecule has 0 amide bonds. The molecule has 0 bridgehead atoms. The van der Waals surface area contributed by atoms with Crippen LogP contribution in [0.4, 0.5) is 0 Å². The number of rotatable bonds is 5. The summed E-state index contributed by atoms with van der Waals surface area (Å²) < 4.78 is 11.8. The van der Waals surface area contributed by atoms with Crippen LogP contribution in [0.25, 0.3) is 0 Å². The Hall–Kier alpha value is -1.59. The first-order chi connectivity index (χ1) is 9.60. The van der Waals surface area contributed by atoms with E-state index >= 15 is 0 Å². The Morgan fingerprint density at radius 2 is 1.90 bits per heavy atom. The van der Waals surface area contributed by atoms with Gasteiger partial charge in [-0.25, -0.2) is 0 Å². The summed E-state index contributed by atoms with van der Waals surface area (Å²) in [5.41, 5.74) is 7.47. The van der Waals surface area contributed by atoms with Crippen LogP contribution in [0.1, 0.15) is 11.1 Å². The molecule has 0 unspecified atom stereocenters. The monoisotopic (exact) mass is 351 g/mol.